The molecule has 0 spiro atoms. The number of fused-ring (bicyclic) bond motifs is 1. The summed E-state index contributed by atoms with van der Waals surface area (Å²) in [5, 5.41) is 5.60. The maximum absolute atomic E-state index is 14.4. The van der Waals surface area contributed by atoms with E-state index in [0.29, 0.717) is 31.4 Å². The molecule has 158 valence electrons. The van der Waals surface area contributed by atoms with Crippen molar-refractivity contribution in [3.63, 3.8) is 0 Å². The van der Waals surface area contributed by atoms with Crippen LogP contribution in [0.5, 0.6) is 0 Å². The van der Waals surface area contributed by atoms with Crippen LogP contribution >= 0.6 is 0 Å². The van der Waals surface area contributed by atoms with E-state index in [4.69, 9.17) is 0 Å². The number of halogens is 1. The lowest BCUT2D eigenvalue weighted by Gasteiger charge is -2.23. The number of carbonyl (C=O) groups excluding carboxylic acids is 4. The maximum Gasteiger partial charge on any atom is 0.293 e. The van der Waals surface area contributed by atoms with E-state index < -0.39 is 23.5 Å². The molecule has 3 aromatic rings. The van der Waals surface area contributed by atoms with E-state index in [2.05, 4.69) is 15.6 Å². The van der Waals surface area contributed by atoms with Crippen LogP contribution < -0.4 is 10.6 Å². The molecule has 2 unspecified atom stereocenters. The Morgan fingerprint density at radius 1 is 1.13 bits per heavy atom. The number of hydrogen-bond donors (Lipinski definition) is 3. The molecule has 1 aromatic heterocycles. The fourth-order valence-corrected chi connectivity index (χ4v) is 3.98. The number of aromatic amines is 1. The van der Waals surface area contributed by atoms with Crippen molar-refractivity contribution in [1.29, 1.82) is 0 Å². The van der Waals surface area contributed by atoms with Crippen LogP contribution in [0.2, 0.25) is 0 Å². The van der Waals surface area contributed by atoms with Crippen molar-refractivity contribution < 1.29 is 23.6 Å². The van der Waals surface area contributed by atoms with Gasteiger partial charge in [-0.05, 0) is 25.1 Å². The zero-order chi connectivity index (χ0) is 22.0. The van der Waals surface area contributed by atoms with Crippen LogP contribution in [0, 0.1) is 11.7 Å². The third-order valence-electron chi connectivity index (χ3n) is 5.59. The quantitative estimate of drug-likeness (QED) is 0.308. The topological polar surface area (TPSA) is 108 Å². The Kier molecular flexibility index (Phi) is 5.73. The molecule has 7 nitrogen and oxygen atoms in total. The molecule has 0 radical (unpaired) electrons. The summed E-state index contributed by atoms with van der Waals surface area (Å²) in [6, 6.07) is 10.0. The summed E-state index contributed by atoms with van der Waals surface area (Å²) in [6.07, 6.45) is 2.41. The minimum Gasteiger partial charge on any atom is -0.360 e. The Bertz CT molecular complexity index is 1170. The maximum atomic E-state index is 14.4. The molecule has 1 aliphatic heterocycles. The van der Waals surface area contributed by atoms with Gasteiger partial charge in [0.2, 0.25) is 0 Å². The summed E-state index contributed by atoms with van der Waals surface area (Å²) in [6.45, 7) is 1.23. The van der Waals surface area contributed by atoms with E-state index >= 15 is 0 Å². The highest BCUT2D eigenvalue weighted by Crippen LogP contribution is 2.25. The summed E-state index contributed by atoms with van der Waals surface area (Å²) in [5.41, 5.74) is 0.554. The van der Waals surface area contributed by atoms with E-state index in [9.17, 15) is 23.6 Å². The second kappa shape index (κ2) is 8.61. The molecule has 31 heavy (non-hydrogen) atoms. The first-order valence-electron chi connectivity index (χ1n) is 9.91. The van der Waals surface area contributed by atoms with Crippen LogP contribution in [0.4, 0.5) is 4.39 Å². The number of aromatic nitrogens is 1. The van der Waals surface area contributed by atoms with Crippen molar-refractivity contribution in [2.75, 3.05) is 13.1 Å². The number of rotatable bonds is 7. The molecule has 1 amide bonds. The van der Waals surface area contributed by atoms with Crippen molar-refractivity contribution in [1.82, 2.24) is 15.6 Å². The van der Waals surface area contributed by atoms with Crippen molar-refractivity contribution in [2.24, 2.45) is 5.92 Å². The number of H-pyrrole nitrogens is 1. The summed E-state index contributed by atoms with van der Waals surface area (Å²) >= 11 is 0. The molecule has 0 saturated carbocycles. The van der Waals surface area contributed by atoms with Crippen LogP contribution in [-0.4, -0.2) is 47.9 Å². The highest BCUT2D eigenvalue weighted by atomic mass is 19.1. The number of Topliss-reactive ketones (excluding diaryl/α,β-unsaturated/α-hetero) is 2. The SMILES string of the molecule is O=Cc1ccc(F)c2c(C(=O)C(=O)NC(C(=O)c3ccccc3)C3CCNC3)c[nH]c12. The normalized spacial score (nSPS) is 16.7. The van der Waals surface area contributed by atoms with E-state index in [-0.39, 0.29) is 33.7 Å². The fraction of sp³-hybridized carbons (Fsp3) is 0.217. The zero-order valence-corrected chi connectivity index (χ0v) is 16.5. The lowest BCUT2D eigenvalue weighted by Crippen LogP contribution is -2.49. The lowest BCUT2D eigenvalue weighted by atomic mass is 9.91. The molecule has 0 aliphatic carbocycles. The van der Waals surface area contributed by atoms with Gasteiger partial charge in [-0.1, -0.05) is 30.3 Å². The molecule has 1 aliphatic rings. The van der Waals surface area contributed by atoms with E-state index in [1.165, 1.54) is 12.3 Å². The number of hydrogen-bond acceptors (Lipinski definition) is 5. The summed E-state index contributed by atoms with van der Waals surface area (Å²) < 4.78 is 14.4. The van der Waals surface area contributed by atoms with Crippen molar-refractivity contribution in [2.45, 2.75) is 12.5 Å². The molecule has 2 atom stereocenters. The molecule has 1 fully saturated rings. The van der Waals surface area contributed by atoms with Gasteiger partial charge in [-0.25, -0.2) is 4.39 Å². The van der Waals surface area contributed by atoms with Gasteiger partial charge in [0.25, 0.3) is 11.7 Å². The fourth-order valence-electron chi connectivity index (χ4n) is 3.98. The molecule has 8 heteroatoms. The Morgan fingerprint density at radius 3 is 2.58 bits per heavy atom. The van der Waals surface area contributed by atoms with Gasteiger partial charge < -0.3 is 15.6 Å². The second-order valence-corrected chi connectivity index (χ2v) is 7.47. The van der Waals surface area contributed by atoms with Gasteiger partial charge in [0.1, 0.15) is 5.82 Å². The van der Waals surface area contributed by atoms with Gasteiger partial charge in [0.15, 0.2) is 12.1 Å². The van der Waals surface area contributed by atoms with E-state index in [1.54, 1.807) is 30.3 Å². The standard InChI is InChI=1S/C23H20FN3O4/c24-17-7-6-15(12-28)19-18(17)16(11-26-19)22(30)23(31)27-20(14-8-9-25-10-14)21(29)13-4-2-1-3-5-13/h1-7,11-12,14,20,25-26H,8-10H2,(H,27,31). The molecule has 2 aromatic carbocycles. The largest absolute Gasteiger partial charge is 0.360 e. The minimum absolute atomic E-state index is 0.127. The third kappa shape index (κ3) is 3.89. The smallest absolute Gasteiger partial charge is 0.293 e. The first-order chi connectivity index (χ1) is 15.0. The van der Waals surface area contributed by atoms with Gasteiger partial charge in [0.05, 0.1) is 17.1 Å². The molecular formula is C23H20FN3O4. The number of benzene rings is 2. The molecule has 4 rings (SSSR count). The predicted molar refractivity (Wildman–Crippen MR) is 112 cm³/mol. The van der Waals surface area contributed by atoms with Gasteiger partial charge in [0, 0.05) is 35.2 Å². The van der Waals surface area contributed by atoms with Crippen molar-refractivity contribution in [3.8, 4) is 0 Å². The number of ketones is 2. The Labute approximate surface area is 177 Å². The van der Waals surface area contributed by atoms with Gasteiger partial charge in [-0.3, -0.25) is 19.2 Å². The van der Waals surface area contributed by atoms with Crippen molar-refractivity contribution in [3.05, 3.63) is 71.2 Å². The zero-order valence-electron chi connectivity index (χ0n) is 16.5. The second-order valence-electron chi connectivity index (χ2n) is 7.47. The number of nitrogens with one attached hydrogen (secondary N) is 3. The van der Waals surface area contributed by atoms with Gasteiger partial charge in [-0.2, -0.15) is 0 Å². The van der Waals surface area contributed by atoms with Crippen LogP contribution in [0.3, 0.4) is 0 Å². The Hall–Kier alpha value is -3.65. The first-order valence-corrected chi connectivity index (χ1v) is 9.91. The predicted octanol–water partition coefficient (Wildman–Crippen LogP) is 2.28. The first kappa shape index (κ1) is 20.6. The Morgan fingerprint density at radius 2 is 1.90 bits per heavy atom. The van der Waals surface area contributed by atoms with Crippen LogP contribution in [0.1, 0.15) is 37.5 Å². The Balaban J connectivity index is 1.63. The molecule has 2 heterocycles. The lowest BCUT2D eigenvalue weighted by molar-refractivity contribution is -0.117. The third-order valence-corrected chi connectivity index (χ3v) is 5.59. The highest BCUT2D eigenvalue weighted by molar-refractivity contribution is 6.45. The number of carbonyl (C=O) groups is 4. The summed E-state index contributed by atoms with van der Waals surface area (Å²) in [4.78, 5) is 52.6. The van der Waals surface area contributed by atoms with E-state index in [0.717, 1.165) is 6.07 Å². The monoisotopic (exact) mass is 421 g/mol. The average molecular weight is 421 g/mol. The van der Waals surface area contributed by atoms with Crippen LogP contribution in [-0.2, 0) is 4.79 Å². The van der Waals surface area contributed by atoms with E-state index in [1.807, 2.05) is 0 Å². The molecule has 3 N–H and O–H groups in total. The minimum atomic E-state index is -1.00. The van der Waals surface area contributed by atoms with Crippen LogP contribution in [0.25, 0.3) is 10.9 Å². The van der Waals surface area contributed by atoms with Crippen LogP contribution in [0.15, 0.2) is 48.7 Å². The summed E-state index contributed by atoms with van der Waals surface area (Å²) in [5.74, 6) is -3.17. The van der Waals surface area contributed by atoms with Gasteiger partial charge in [-0.15, -0.1) is 0 Å². The number of amides is 1. The molecule has 1 saturated heterocycles. The number of aldehydes is 1. The highest BCUT2D eigenvalue weighted by Gasteiger charge is 2.34. The van der Waals surface area contributed by atoms with Gasteiger partial charge >= 0.3 is 0 Å². The van der Waals surface area contributed by atoms with Crippen molar-refractivity contribution >= 4 is 34.7 Å². The molecular weight excluding hydrogens is 401 g/mol. The summed E-state index contributed by atoms with van der Waals surface area (Å²) in [7, 11) is 0. The average Bonchev–Trinajstić information content (AvgIpc) is 3.48. The molecule has 0 bridgehead atoms.